The first-order valence-corrected chi connectivity index (χ1v) is 8.53. The van der Waals surface area contributed by atoms with Crippen LogP contribution in [0.5, 0.6) is 0 Å². The van der Waals surface area contributed by atoms with E-state index in [4.69, 9.17) is 5.73 Å². The maximum absolute atomic E-state index is 6.05. The molecular formula is C17H28N2. The summed E-state index contributed by atoms with van der Waals surface area (Å²) in [6.07, 6.45) is 10.3. The molecule has 4 aliphatic carbocycles. The second kappa shape index (κ2) is 3.22. The van der Waals surface area contributed by atoms with Crippen molar-refractivity contribution in [2.45, 2.75) is 57.9 Å². The lowest BCUT2D eigenvalue weighted by Gasteiger charge is -2.72. The van der Waals surface area contributed by atoms with Crippen LogP contribution >= 0.6 is 0 Å². The van der Waals surface area contributed by atoms with E-state index in [9.17, 15) is 0 Å². The fraction of sp³-hybridized carbons (Fsp3) is 1.00. The van der Waals surface area contributed by atoms with Gasteiger partial charge in [-0.3, -0.25) is 0 Å². The minimum Gasteiger partial charge on any atom is -0.328 e. The van der Waals surface area contributed by atoms with Crippen LogP contribution in [-0.2, 0) is 0 Å². The molecule has 5 atom stereocenters. The summed E-state index contributed by atoms with van der Waals surface area (Å²) < 4.78 is 0. The highest BCUT2D eigenvalue weighted by atomic mass is 15.1. The van der Waals surface area contributed by atoms with Crippen LogP contribution in [0.4, 0.5) is 0 Å². The molecule has 0 amide bonds. The van der Waals surface area contributed by atoms with Gasteiger partial charge in [0.1, 0.15) is 0 Å². The van der Waals surface area contributed by atoms with E-state index in [1.54, 1.807) is 32.1 Å². The number of rotatable bonds is 2. The molecule has 0 radical (unpaired) electrons. The molecule has 4 saturated carbocycles. The molecule has 2 nitrogen and oxygen atoms in total. The first-order chi connectivity index (χ1) is 9.05. The van der Waals surface area contributed by atoms with E-state index in [1.165, 1.54) is 32.5 Å². The molecule has 1 aliphatic heterocycles. The smallest absolute Gasteiger partial charge is 0.00631 e. The molecule has 2 bridgehead atoms. The third-order valence-electron chi connectivity index (χ3n) is 8.15. The van der Waals surface area contributed by atoms with Gasteiger partial charge < -0.3 is 10.6 Å². The molecule has 0 aromatic heterocycles. The number of nitrogens with two attached hydrogens (primary N) is 1. The average Bonchev–Trinajstić information content (AvgIpc) is 2.76. The van der Waals surface area contributed by atoms with Crippen molar-refractivity contribution in [3.63, 3.8) is 0 Å². The van der Waals surface area contributed by atoms with Gasteiger partial charge in [0.15, 0.2) is 0 Å². The molecule has 0 aromatic carbocycles. The molecule has 1 spiro atoms. The van der Waals surface area contributed by atoms with Crippen LogP contribution in [0.1, 0.15) is 51.9 Å². The lowest BCUT2D eigenvalue weighted by Crippen LogP contribution is -2.65. The highest BCUT2D eigenvalue weighted by Gasteiger charge is 2.82. The van der Waals surface area contributed by atoms with Crippen LogP contribution in [0, 0.1) is 28.1 Å². The van der Waals surface area contributed by atoms with E-state index in [0.29, 0.717) is 11.5 Å². The Bertz CT molecular complexity index is 427. The van der Waals surface area contributed by atoms with Gasteiger partial charge in [-0.1, -0.05) is 6.92 Å². The van der Waals surface area contributed by atoms with Crippen molar-refractivity contribution >= 4 is 0 Å². The number of fused-ring (bicyclic) bond motifs is 1. The average molecular weight is 260 g/mol. The first-order valence-electron chi connectivity index (χ1n) is 8.53. The van der Waals surface area contributed by atoms with Gasteiger partial charge in [-0.15, -0.1) is 0 Å². The predicted molar refractivity (Wildman–Crippen MR) is 76.7 cm³/mol. The van der Waals surface area contributed by atoms with Gasteiger partial charge in [0.25, 0.3) is 0 Å². The maximum Gasteiger partial charge on any atom is 0.00631 e. The van der Waals surface area contributed by atoms with Gasteiger partial charge in [0.2, 0.25) is 0 Å². The van der Waals surface area contributed by atoms with Gasteiger partial charge in [0.05, 0.1) is 0 Å². The van der Waals surface area contributed by atoms with Gasteiger partial charge in [-0.2, -0.15) is 0 Å². The van der Waals surface area contributed by atoms with Crippen molar-refractivity contribution in [2.24, 2.45) is 33.8 Å². The maximum atomic E-state index is 6.05. The van der Waals surface area contributed by atoms with Crippen LogP contribution < -0.4 is 5.73 Å². The Hall–Kier alpha value is -0.0800. The Morgan fingerprint density at radius 2 is 1.84 bits per heavy atom. The molecule has 5 rings (SSSR count). The van der Waals surface area contributed by atoms with E-state index in [0.717, 1.165) is 22.7 Å². The summed E-state index contributed by atoms with van der Waals surface area (Å²) in [7, 11) is 0. The molecule has 0 aromatic rings. The number of hydrogen-bond donors (Lipinski definition) is 1. The Kier molecular flexibility index (Phi) is 1.96. The Balaban J connectivity index is 1.36. The second-order valence-corrected chi connectivity index (χ2v) is 9.11. The van der Waals surface area contributed by atoms with Crippen molar-refractivity contribution in [3.8, 4) is 0 Å². The molecule has 2 heteroatoms. The normalized spacial score (nSPS) is 59.7. The summed E-state index contributed by atoms with van der Waals surface area (Å²) in [5.41, 5.74) is 8.37. The summed E-state index contributed by atoms with van der Waals surface area (Å²) in [4.78, 5) is 2.76. The lowest BCUT2D eigenvalue weighted by atomic mass is 9.32. The Labute approximate surface area is 117 Å². The SMILES string of the molecule is CC12CC3CC4CC(CN5CCC(N)CC5)(C1)CC432. The van der Waals surface area contributed by atoms with Crippen molar-refractivity contribution in [1.82, 2.24) is 4.90 Å². The van der Waals surface area contributed by atoms with Crippen molar-refractivity contribution in [3.05, 3.63) is 0 Å². The van der Waals surface area contributed by atoms with Gasteiger partial charge in [-0.25, -0.2) is 0 Å². The Morgan fingerprint density at radius 3 is 2.47 bits per heavy atom. The van der Waals surface area contributed by atoms with E-state index >= 15 is 0 Å². The van der Waals surface area contributed by atoms with Gasteiger partial charge in [-0.05, 0) is 86.1 Å². The second-order valence-electron chi connectivity index (χ2n) is 9.11. The van der Waals surface area contributed by atoms with E-state index in [1.807, 2.05) is 0 Å². The van der Waals surface area contributed by atoms with Crippen molar-refractivity contribution < 1.29 is 0 Å². The summed E-state index contributed by atoms with van der Waals surface area (Å²) in [5.74, 6) is 2.26. The third kappa shape index (κ3) is 1.18. The minimum atomic E-state index is 0.480. The molecule has 5 fully saturated rings. The summed E-state index contributed by atoms with van der Waals surface area (Å²) in [6.45, 7) is 6.56. The number of likely N-dealkylation sites (tertiary alicyclic amines) is 1. The van der Waals surface area contributed by atoms with Gasteiger partial charge >= 0.3 is 0 Å². The number of piperidine rings is 1. The zero-order valence-corrected chi connectivity index (χ0v) is 12.3. The van der Waals surface area contributed by atoms with Crippen LogP contribution in [0.3, 0.4) is 0 Å². The molecule has 1 heterocycles. The summed E-state index contributed by atoms with van der Waals surface area (Å²) in [5, 5.41) is 0. The summed E-state index contributed by atoms with van der Waals surface area (Å²) in [6, 6.07) is 0.480. The quantitative estimate of drug-likeness (QED) is 0.827. The van der Waals surface area contributed by atoms with Crippen molar-refractivity contribution in [2.75, 3.05) is 19.6 Å². The molecule has 5 unspecified atom stereocenters. The highest BCUT2D eigenvalue weighted by molar-refractivity contribution is 5.31. The zero-order chi connectivity index (χ0) is 12.9. The minimum absolute atomic E-state index is 0.480. The molecule has 19 heavy (non-hydrogen) atoms. The van der Waals surface area contributed by atoms with Crippen LogP contribution in [0.2, 0.25) is 0 Å². The molecule has 2 N–H and O–H groups in total. The van der Waals surface area contributed by atoms with E-state index in [-0.39, 0.29) is 0 Å². The monoisotopic (exact) mass is 260 g/mol. The number of nitrogens with zero attached hydrogens (tertiary/aromatic N) is 1. The van der Waals surface area contributed by atoms with E-state index < -0.39 is 0 Å². The fourth-order valence-electron chi connectivity index (χ4n) is 7.73. The first kappa shape index (κ1) is 11.6. The molecule has 1 saturated heterocycles. The molecular weight excluding hydrogens is 232 g/mol. The molecule has 106 valence electrons. The molecule has 5 aliphatic rings. The highest BCUT2D eigenvalue weighted by Crippen LogP contribution is 2.89. The third-order valence-corrected chi connectivity index (χ3v) is 8.15. The largest absolute Gasteiger partial charge is 0.328 e. The Morgan fingerprint density at radius 1 is 1.11 bits per heavy atom. The van der Waals surface area contributed by atoms with Crippen LogP contribution in [0.15, 0.2) is 0 Å². The van der Waals surface area contributed by atoms with Crippen molar-refractivity contribution in [1.29, 1.82) is 0 Å². The number of hydrogen-bond acceptors (Lipinski definition) is 2. The fourth-order valence-corrected chi connectivity index (χ4v) is 7.73. The van der Waals surface area contributed by atoms with Crippen LogP contribution in [-0.4, -0.2) is 30.6 Å². The standard InChI is InChI=1S/C17H28N2/c1-15-7-12-6-13-8-16(9-15,10-17(12,13)15)11-19-4-2-14(18)3-5-19/h12-14H,2-11,18H2,1H3. The van der Waals surface area contributed by atoms with Gasteiger partial charge in [0, 0.05) is 12.6 Å². The predicted octanol–water partition coefficient (Wildman–Crippen LogP) is 2.63. The zero-order valence-electron chi connectivity index (χ0n) is 12.3. The van der Waals surface area contributed by atoms with E-state index in [2.05, 4.69) is 11.8 Å². The summed E-state index contributed by atoms with van der Waals surface area (Å²) >= 11 is 0. The van der Waals surface area contributed by atoms with Crippen LogP contribution in [0.25, 0.3) is 0 Å². The topological polar surface area (TPSA) is 29.3 Å². The lowest BCUT2D eigenvalue weighted by molar-refractivity contribution is -0.237.